The number of carboxylic acid groups (broad SMARTS) is 1. The number of halogens is 1. The Balaban J connectivity index is 1.77. The standard InChI is InChI=1S/C16H19BrN2O2/c1-10-6-11(16(20)21)4-5-19(10)9-12-8-18-15-3-2-13(17)7-14(12)15/h2-3,7-8,10-11,18H,4-6,9H2,1H3,(H,20,21). The highest BCUT2D eigenvalue weighted by Gasteiger charge is 2.29. The van der Waals surface area contributed by atoms with Crippen LogP contribution in [-0.4, -0.2) is 33.5 Å². The van der Waals surface area contributed by atoms with Crippen LogP contribution in [0.25, 0.3) is 10.9 Å². The second-order valence-corrected chi connectivity index (χ2v) is 6.80. The van der Waals surface area contributed by atoms with Crippen molar-refractivity contribution in [1.29, 1.82) is 0 Å². The number of benzene rings is 1. The normalized spacial score (nSPS) is 23.5. The van der Waals surface area contributed by atoms with Gasteiger partial charge >= 0.3 is 5.97 Å². The number of hydrogen-bond acceptors (Lipinski definition) is 2. The molecule has 0 amide bonds. The number of nitrogens with one attached hydrogen (secondary N) is 1. The van der Waals surface area contributed by atoms with E-state index in [1.54, 1.807) is 0 Å². The van der Waals surface area contributed by atoms with Crippen LogP contribution < -0.4 is 0 Å². The highest BCUT2D eigenvalue weighted by atomic mass is 79.9. The summed E-state index contributed by atoms with van der Waals surface area (Å²) in [4.78, 5) is 16.8. The second kappa shape index (κ2) is 5.81. The van der Waals surface area contributed by atoms with Gasteiger partial charge in [0.25, 0.3) is 0 Å². The fourth-order valence-electron chi connectivity index (χ4n) is 3.18. The zero-order valence-electron chi connectivity index (χ0n) is 12.0. The van der Waals surface area contributed by atoms with Crippen LogP contribution in [0.15, 0.2) is 28.9 Å². The molecule has 1 aliphatic heterocycles. The van der Waals surface area contributed by atoms with Crippen LogP contribution in [0.1, 0.15) is 25.3 Å². The van der Waals surface area contributed by atoms with E-state index in [4.69, 9.17) is 5.11 Å². The van der Waals surface area contributed by atoms with Crippen LogP contribution in [0.5, 0.6) is 0 Å². The zero-order valence-corrected chi connectivity index (χ0v) is 13.6. The molecule has 2 heterocycles. The molecule has 112 valence electrons. The summed E-state index contributed by atoms with van der Waals surface area (Å²) in [6.07, 6.45) is 3.54. The Morgan fingerprint density at radius 2 is 2.33 bits per heavy atom. The topological polar surface area (TPSA) is 56.3 Å². The van der Waals surface area contributed by atoms with Crippen LogP contribution in [0, 0.1) is 5.92 Å². The molecule has 21 heavy (non-hydrogen) atoms. The lowest BCUT2D eigenvalue weighted by molar-refractivity contribution is -0.144. The maximum atomic E-state index is 11.1. The fraction of sp³-hybridized carbons (Fsp3) is 0.438. The number of aromatic nitrogens is 1. The van der Waals surface area contributed by atoms with Crippen LogP contribution >= 0.6 is 15.9 Å². The molecule has 3 rings (SSSR count). The smallest absolute Gasteiger partial charge is 0.306 e. The number of aromatic amines is 1. The predicted octanol–water partition coefficient (Wildman–Crippen LogP) is 3.62. The zero-order chi connectivity index (χ0) is 15.0. The van der Waals surface area contributed by atoms with Crippen LogP contribution in [0.2, 0.25) is 0 Å². The lowest BCUT2D eigenvalue weighted by Crippen LogP contribution is -2.42. The third-order valence-electron chi connectivity index (χ3n) is 4.47. The third kappa shape index (κ3) is 2.99. The average Bonchev–Trinajstić information content (AvgIpc) is 2.83. The average molecular weight is 351 g/mol. The first-order chi connectivity index (χ1) is 10.0. The summed E-state index contributed by atoms with van der Waals surface area (Å²) in [7, 11) is 0. The Hall–Kier alpha value is -1.33. The molecular formula is C16H19BrN2O2. The number of carboxylic acids is 1. The van der Waals surface area contributed by atoms with Crippen molar-refractivity contribution in [2.24, 2.45) is 5.92 Å². The minimum atomic E-state index is -0.655. The molecule has 1 fully saturated rings. The van der Waals surface area contributed by atoms with E-state index in [1.807, 2.05) is 6.07 Å². The number of hydrogen-bond donors (Lipinski definition) is 2. The van der Waals surface area contributed by atoms with Gasteiger partial charge in [-0.1, -0.05) is 15.9 Å². The SMILES string of the molecule is CC1CC(C(=O)O)CCN1Cc1c[nH]c2ccc(Br)cc12. The Morgan fingerprint density at radius 1 is 1.52 bits per heavy atom. The van der Waals surface area contributed by atoms with Gasteiger partial charge in [0, 0.05) is 34.2 Å². The van der Waals surface area contributed by atoms with Gasteiger partial charge in [0.15, 0.2) is 0 Å². The van der Waals surface area contributed by atoms with E-state index in [0.29, 0.717) is 6.04 Å². The molecule has 1 aromatic carbocycles. The van der Waals surface area contributed by atoms with Crippen LogP contribution in [0.3, 0.4) is 0 Å². The molecule has 0 spiro atoms. The van der Waals surface area contributed by atoms with Gasteiger partial charge in [0.05, 0.1) is 5.92 Å². The van der Waals surface area contributed by atoms with Crippen molar-refractivity contribution in [3.8, 4) is 0 Å². The van der Waals surface area contributed by atoms with Gasteiger partial charge in [0.1, 0.15) is 0 Å². The predicted molar refractivity (Wildman–Crippen MR) is 86.2 cm³/mol. The number of fused-ring (bicyclic) bond motifs is 1. The van der Waals surface area contributed by atoms with Crippen LogP contribution in [0.4, 0.5) is 0 Å². The molecule has 2 N–H and O–H groups in total. The lowest BCUT2D eigenvalue weighted by Gasteiger charge is -2.36. The van der Waals surface area contributed by atoms with E-state index in [2.05, 4.69) is 51.1 Å². The minimum Gasteiger partial charge on any atom is -0.481 e. The van der Waals surface area contributed by atoms with Gasteiger partial charge in [-0.15, -0.1) is 0 Å². The van der Waals surface area contributed by atoms with Crippen molar-refractivity contribution in [3.05, 3.63) is 34.4 Å². The monoisotopic (exact) mass is 350 g/mol. The maximum Gasteiger partial charge on any atom is 0.306 e. The van der Waals surface area contributed by atoms with Gasteiger partial charge in [-0.2, -0.15) is 0 Å². The van der Waals surface area contributed by atoms with E-state index in [1.165, 1.54) is 10.9 Å². The lowest BCUT2D eigenvalue weighted by atomic mass is 9.91. The molecule has 2 atom stereocenters. The number of rotatable bonds is 3. The largest absolute Gasteiger partial charge is 0.481 e. The Bertz CT molecular complexity index is 667. The summed E-state index contributed by atoms with van der Waals surface area (Å²) in [6.45, 7) is 3.84. The van der Waals surface area contributed by atoms with Crippen molar-refractivity contribution in [2.75, 3.05) is 6.54 Å². The molecule has 5 heteroatoms. The summed E-state index contributed by atoms with van der Waals surface area (Å²) in [6, 6.07) is 6.54. The van der Waals surface area contributed by atoms with Gasteiger partial charge in [-0.05, 0) is 50.1 Å². The number of H-pyrrole nitrogens is 1. The van der Waals surface area contributed by atoms with Gasteiger partial charge in [0.2, 0.25) is 0 Å². The summed E-state index contributed by atoms with van der Waals surface area (Å²) in [5.74, 6) is -0.842. The van der Waals surface area contributed by atoms with Crippen molar-refractivity contribution < 1.29 is 9.90 Å². The van der Waals surface area contributed by atoms with E-state index < -0.39 is 5.97 Å². The van der Waals surface area contributed by atoms with E-state index in [-0.39, 0.29) is 5.92 Å². The molecule has 2 aromatic rings. The van der Waals surface area contributed by atoms with Gasteiger partial charge in [-0.25, -0.2) is 0 Å². The number of nitrogens with zero attached hydrogens (tertiary/aromatic N) is 1. The first-order valence-corrected chi connectivity index (χ1v) is 8.06. The quantitative estimate of drug-likeness (QED) is 0.888. The molecule has 1 saturated heterocycles. The maximum absolute atomic E-state index is 11.1. The van der Waals surface area contributed by atoms with Crippen molar-refractivity contribution in [2.45, 2.75) is 32.4 Å². The third-order valence-corrected chi connectivity index (χ3v) is 4.96. The molecule has 1 aliphatic rings. The molecule has 0 saturated carbocycles. The number of carbonyl (C=O) groups is 1. The summed E-state index contributed by atoms with van der Waals surface area (Å²) in [5, 5.41) is 10.4. The van der Waals surface area contributed by atoms with E-state index >= 15 is 0 Å². The number of piperidine rings is 1. The van der Waals surface area contributed by atoms with E-state index in [9.17, 15) is 4.79 Å². The highest BCUT2D eigenvalue weighted by Crippen LogP contribution is 2.28. The second-order valence-electron chi connectivity index (χ2n) is 5.88. The first-order valence-electron chi connectivity index (χ1n) is 7.27. The van der Waals surface area contributed by atoms with Crippen molar-refractivity contribution in [1.82, 2.24) is 9.88 Å². The van der Waals surface area contributed by atoms with E-state index in [0.717, 1.165) is 35.9 Å². The molecule has 4 nitrogen and oxygen atoms in total. The Kier molecular flexibility index (Phi) is 4.04. The van der Waals surface area contributed by atoms with Crippen molar-refractivity contribution >= 4 is 32.8 Å². The molecule has 1 aromatic heterocycles. The minimum absolute atomic E-state index is 0.187. The Morgan fingerprint density at radius 3 is 3.05 bits per heavy atom. The molecular weight excluding hydrogens is 332 g/mol. The van der Waals surface area contributed by atoms with Gasteiger partial charge in [-0.3, -0.25) is 9.69 Å². The molecule has 0 bridgehead atoms. The molecule has 0 aliphatic carbocycles. The summed E-state index contributed by atoms with van der Waals surface area (Å²) < 4.78 is 1.08. The summed E-state index contributed by atoms with van der Waals surface area (Å²) >= 11 is 3.52. The van der Waals surface area contributed by atoms with Crippen LogP contribution in [-0.2, 0) is 11.3 Å². The van der Waals surface area contributed by atoms with Gasteiger partial charge < -0.3 is 10.1 Å². The molecule has 2 unspecified atom stereocenters. The fourth-order valence-corrected chi connectivity index (χ4v) is 3.54. The van der Waals surface area contributed by atoms with Crippen molar-refractivity contribution in [3.63, 3.8) is 0 Å². The number of aliphatic carboxylic acids is 1. The Labute approximate surface area is 132 Å². The highest BCUT2D eigenvalue weighted by molar-refractivity contribution is 9.10. The number of likely N-dealkylation sites (tertiary alicyclic amines) is 1. The first kappa shape index (κ1) is 14.6. The molecule has 0 radical (unpaired) electrons. The summed E-state index contributed by atoms with van der Waals surface area (Å²) in [5.41, 5.74) is 2.41.